The lowest BCUT2D eigenvalue weighted by Crippen LogP contribution is -2.54. The molecule has 1 saturated carbocycles. The monoisotopic (exact) mass is 456 g/mol. The molecular formula is C25H29ClN2O4. The molecular weight excluding hydrogens is 428 g/mol. The molecule has 1 aliphatic carbocycles. The van der Waals surface area contributed by atoms with E-state index in [4.69, 9.17) is 21.2 Å². The number of rotatable bonds is 1. The first-order valence-electron chi connectivity index (χ1n) is 11.3. The van der Waals surface area contributed by atoms with E-state index in [1.165, 1.54) is 5.06 Å². The molecule has 2 aromatic rings. The van der Waals surface area contributed by atoms with E-state index in [0.717, 1.165) is 54.1 Å². The molecule has 2 amide bonds. The molecule has 1 unspecified atom stereocenters. The van der Waals surface area contributed by atoms with Crippen LogP contribution in [0.2, 0.25) is 0 Å². The Morgan fingerprint density at radius 1 is 1.25 bits per heavy atom. The number of fused-ring (bicyclic) bond motifs is 2. The molecule has 0 aromatic heterocycles. The lowest BCUT2D eigenvalue weighted by atomic mass is 9.72. The maximum atomic E-state index is 13.6. The standard InChI is InChI=1S/C25H29ClN2O4/c1-24(2,3)31-23(30)28-18-13-19-20-15(9-8-10-16(20)22(29)27(4)32-19)21(18)17(14-26)25(28)11-6-5-7-12-25/h8-10,13,17H,5-7,11-12,14H2,1-4H3. The number of hydroxylamine groups is 2. The van der Waals surface area contributed by atoms with Crippen molar-refractivity contribution < 1.29 is 19.2 Å². The zero-order valence-electron chi connectivity index (χ0n) is 19.0. The predicted molar refractivity (Wildman–Crippen MR) is 125 cm³/mol. The SMILES string of the molecule is CN1Oc2cc3c(c4cccc(c24)C1=O)C(CCl)C1(CCCCC1)N3C(=O)OC(C)(C)C. The Morgan fingerprint density at radius 3 is 2.62 bits per heavy atom. The molecule has 5 rings (SSSR count). The minimum Gasteiger partial charge on any atom is -0.443 e. The van der Waals surface area contributed by atoms with Crippen molar-refractivity contribution in [3.8, 4) is 5.75 Å². The van der Waals surface area contributed by atoms with Crippen LogP contribution >= 0.6 is 11.6 Å². The second kappa shape index (κ2) is 7.27. The van der Waals surface area contributed by atoms with Gasteiger partial charge in [-0.15, -0.1) is 11.6 Å². The van der Waals surface area contributed by atoms with Crippen LogP contribution in [0.1, 0.15) is 74.7 Å². The minimum atomic E-state index is -0.617. The summed E-state index contributed by atoms with van der Waals surface area (Å²) in [5.41, 5.74) is 1.36. The highest BCUT2D eigenvalue weighted by Gasteiger charge is 2.56. The molecule has 1 fully saturated rings. The number of amides is 2. The minimum absolute atomic E-state index is 0.0500. The molecule has 2 aromatic carbocycles. The number of alkyl halides is 1. The van der Waals surface area contributed by atoms with Gasteiger partial charge < -0.3 is 9.57 Å². The number of hydrogen-bond acceptors (Lipinski definition) is 4. The number of anilines is 1. The maximum absolute atomic E-state index is 13.6. The first kappa shape index (κ1) is 21.4. The third-order valence-electron chi connectivity index (χ3n) is 7.03. The van der Waals surface area contributed by atoms with Gasteiger partial charge in [0, 0.05) is 30.3 Å². The third-order valence-corrected chi connectivity index (χ3v) is 7.34. The van der Waals surface area contributed by atoms with Gasteiger partial charge in [0.2, 0.25) is 0 Å². The Hall–Kier alpha value is -2.47. The molecule has 32 heavy (non-hydrogen) atoms. The van der Waals surface area contributed by atoms with Crippen LogP contribution in [0.3, 0.4) is 0 Å². The van der Waals surface area contributed by atoms with Gasteiger partial charge in [-0.2, -0.15) is 5.06 Å². The van der Waals surface area contributed by atoms with Gasteiger partial charge in [0.1, 0.15) is 5.60 Å². The first-order chi connectivity index (χ1) is 15.2. The van der Waals surface area contributed by atoms with Crippen molar-refractivity contribution in [3.05, 3.63) is 35.4 Å². The van der Waals surface area contributed by atoms with Crippen LogP contribution in [0.4, 0.5) is 10.5 Å². The Bertz CT molecular complexity index is 1120. The van der Waals surface area contributed by atoms with Crippen molar-refractivity contribution in [2.75, 3.05) is 17.8 Å². The molecule has 7 heteroatoms. The number of carbonyl (C=O) groups excluding carboxylic acids is 2. The van der Waals surface area contributed by atoms with E-state index in [0.29, 0.717) is 17.2 Å². The smallest absolute Gasteiger partial charge is 0.415 e. The molecule has 1 spiro atoms. The maximum Gasteiger partial charge on any atom is 0.415 e. The van der Waals surface area contributed by atoms with Gasteiger partial charge in [-0.1, -0.05) is 31.4 Å². The number of nitrogens with zero attached hydrogens (tertiary/aromatic N) is 2. The van der Waals surface area contributed by atoms with Crippen molar-refractivity contribution in [1.82, 2.24) is 5.06 Å². The molecule has 0 N–H and O–H groups in total. The predicted octanol–water partition coefficient (Wildman–Crippen LogP) is 6.00. The average Bonchev–Trinajstić information content (AvgIpc) is 2.99. The molecule has 0 saturated heterocycles. The van der Waals surface area contributed by atoms with Gasteiger partial charge in [0.25, 0.3) is 5.91 Å². The quantitative estimate of drug-likeness (QED) is 0.494. The Balaban J connectivity index is 1.80. The molecule has 170 valence electrons. The highest BCUT2D eigenvalue weighted by molar-refractivity contribution is 6.20. The molecule has 3 aliphatic rings. The molecule has 2 aliphatic heterocycles. The van der Waals surface area contributed by atoms with E-state index in [2.05, 4.69) is 0 Å². The fourth-order valence-electron chi connectivity index (χ4n) is 5.82. The van der Waals surface area contributed by atoms with Crippen LogP contribution in [-0.4, -0.2) is 41.1 Å². The van der Waals surface area contributed by atoms with Gasteiger partial charge >= 0.3 is 6.09 Å². The van der Waals surface area contributed by atoms with Crippen molar-refractivity contribution in [2.24, 2.45) is 0 Å². The Labute approximate surface area is 193 Å². The molecule has 0 bridgehead atoms. The number of ether oxygens (including phenoxy) is 1. The summed E-state index contributed by atoms with van der Waals surface area (Å²) in [6.07, 6.45) is 4.61. The van der Waals surface area contributed by atoms with Crippen LogP contribution in [-0.2, 0) is 4.74 Å². The molecule has 1 atom stereocenters. The van der Waals surface area contributed by atoms with E-state index in [-0.39, 0.29) is 17.9 Å². The second-order valence-electron chi connectivity index (χ2n) is 10.1. The topological polar surface area (TPSA) is 59.1 Å². The fourth-order valence-corrected chi connectivity index (χ4v) is 6.26. The molecule has 6 nitrogen and oxygen atoms in total. The fraction of sp³-hybridized carbons (Fsp3) is 0.520. The number of carbonyl (C=O) groups is 2. The normalized spacial score (nSPS) is 21.7. The van der Waals surface area contributed by atoms with E-state index in [1.54, 1.807) is 7.05 Å². The van der Waals surface area contributed by atoms with Crippen LogP contribution in [0.15, 0.2) is 24.3 Å². The van der Waals surface area contributed by atoms with Crippen LogP contribution in [0.25, 0.3) is 10.8 Å². The van der Waals surface area contributed by atoms with E-state index in [1.807, 2.05) is 49.9 Å². The summed E-state index contributed by atoms with van der Waals surface area (Å²) >= 11 is 6.66. The summed E-state index contributed by atoms with van der Waals surface area (Å²) in [6, 6.07) is 7.63. The van der Waals surface area contributed by atoms with Crippen molar-refractivity contribution >= 4 is 40.1 Å². The zero-order chi connectivity index (χ0) is 22.8. The van der Waals surface area contributed by atoms with Crippen molar-refractivity contribution in [2.45, 2.75) is 69.9 Å². The van der Waals surface area contributed by atoms with E-state index >= 15 is 0 Å². The third kappa shape index (κ3) is 2.99. The van der Waals surface area contributed by atoms with Crippen LogP contribution < -0.4 is 9.74 Å². The summed E-state index contributed by atoms with van der Waals surface area (Å²) in [5.74, 6) is 0.733. The second-order valence-corrected chi connectivity index (χ2v) is 10.4. The summed E-state index contributed by atoms with van der Waals surface area (Å²) in [6.45, 7) is 5.65. The lowest BCUT2D eigenvalue weighted by Gasteiger charge is -2.45. The summed E-state index contributed by atoms with van der Waals surface area (Å²) < 4.78 is 5.90. The molecule has 2 heterocycles. The average molecular weight is 457 g/mol. The molecule has 0 radical (unpaired) electrons. The number of halogens is 1. The lowest BCUT2D eigenvalue weighted by molar-refractivity contribution is -0.0156. The zero-order valence-corrected chi connectivity index (χ0v) is 19.8. The van der Waals surface area contributed by atoms with Crippen LogP contribution in [0.5, 0.6) is 5.75 Å². The van der Waals surface area contributed by atoms with Crippen LogP contribution in [0, 0.1) is 0 Å². The number of hydrogen-bond donors (Lipinski definition) is 0. The van der Waals surface area contributed by atoms with E-state index in [9.17, 15) is 9.59 Å². The van der Waals surface area contributed by atoms with Gasteiger partial charge in [0.05, 0.1) is 16.8 Å². The van der Waals surface area contributed by atoms with Gasteiger partial charge in [-0.25, -0.2) is 4.79 Å². The summed E-state index contributed by atoms with van der Waals surface area (Å²) in [5, 5.41) is 2.96. The van der Waals surface area contributed by atoms with Gasteiger partial charge in [-0.05, 0) is 50.6 Å². The summed E-state index contributed by atoms with van der Waals surface area (Å²) in [7, 11) is 1.60. The van der Waals surface area contributed by atoms with Crippen molar-refractivity contribution in [3.63, 3.8) is 0 Å². The highest BCUT2D eigenvalue weighted by atomic mass is 35.5. The largest absolute Gasteiger partial charge is 0.443 e. The number of benzene rings is 2. The summed E-state index contributed by atoms with van der Waals surface area (Å²) in [4.78, 5) is 34.2. The Kier molecular flexibility index (Phi) is 4.86. The first-order valence-corrected chi connectivity index (χ1v) is 11.9. The highest BCUT2D eigenvalue weighted by Crippen LogP contribution is 2.58. The Morgan fingerprint density at radius 2 is 1.97 bits per heavy atom. The van der Waals surface area contributed by atoms with E-state index < -0.39 is 11.1 Å². The van der Waals surface area contributed by atoms with Crippen molar-refractivity contribution in [1.29, 1.82) is 0 Å². The van der Waals surface area contributed by atoms with Gasteiger partial charge in [-0.3, -0.25) is 9.69 Å². The van der Waals surface area contributed by atoms with Gasteiger partial charge in [0.15, 0.2) is 5.75 Å².